The van der Waals surface area contributed by atoms with Crippen molar-refractivity contribution in [2.45, 2.75) is 19.9 Å². The fourth-order valence-electron chi connectivity index (χ4n) is 2.74. The second kappa shape index (κ2) is 7.82. The molecule has 0 radical (unpaired) electrons. The van der Waals surface area contributed by atoms with Crippen LogP contribution in [0.3, 0.4) is 0 Å². The smallest absolute Gasteiger partial charge is 0.316 e. The summed E-state index contributed by atoms with van der Waals surface area (Å²) in [7, 11) is 0. The SMILES string of the molecule is CCOc1cccc2cc(C(C)NC(=O)c3ccc(NC(N)=O)cc3)oc12. The minimum absolute atomic E-state index is 0.251. The van der Waals surface area contributed by atoms with Gasteiger partial charge in [-0.15, -0.1) is 0 Å². The fraction of sp³-hybridized carbons (Fsp3) is 0.200. The maximum Gasteiger partial charge on any atom is 0.316 e. The van der Waals surface area contributed by atoms with Crippen molar-refractivity contribution in [3.8, 4) is 5.75 Å². The van der Waals surface area contributed by atoms with Crippen molar-refractivity contribution in [1.29, 1.82) is 0 Å². The van der Waals surface area contributed by atoms with Crippen LogP contribution in [0.5, 0.6) is 5.75 Å². The fourth-order valence-corrected chi connectivity index (χ4v) is 2.74. The molecule has 1 atom stereocenters. The third kappa shape index (κ3) is 4.20. The van der Waals surface area contributed by atoms with E-state index < -0.39 is 6.03 Å². The first-order chi connectivity index (χ1) is 13.0. The van der Waals surface area contributed by atoms with Crippen molar-refractivity contribution in [2.75, 3.05) is 11.9 Å². The van der Waals surface area contributed by atoms with E-state index in [1.807, 2.05) is 38.1 Å². The zero-order valence-corrected chi connectivity index (χ0v) is 15.1. The van der Waals surface area contributed by atoms with Gasteiger partial charge in [-0.3, -0.25) is 4.79 Å². The number of nitrogens with two attached hydrogens (primary N) is 1. The summed E-state index contributed by atoms with van der Waals surface area (Å²) in [6, 6.07) is 13.0. The van der Waals surface area contributed by atoms with Crippen LogP contribution in [-0.2, 0) is 0 Å². The van der Waals surface area contributed by atoms with E-state index in [9.17, 15) is 9.59 Å². The molecule has 2 aromatic carbocycles. The van der Waals surface area contributed by atoms with Crippen molar-refractivity contribution < 1.29 is 18.7 Å². The number of hydrogen-bond donors (Lipinski definition) is 3. The standard InChI is InChI=1S/C20H21N3O4/c1-3-26-16-6-4-5-14-11-17(27-18(14)16)12(2)22-19(24)13-7-9-15(10-8-13)23-20(21)25/h4-12H,3H2,1-2H3,(H,22,24)(H3,21,23,25). The molecule has 3 aromatic rings. The van der Waals surface area contributed by atoms with Crippen molar-refractivity contribution in [2.24, 2.45) is 5.73 Å². The summed E-state index contributed by atoms with van der Waals surface area (Å²) in [5, 5.41) is 6.26. The molecular formula is C20H21N3O4. The van der Waals surface area contributed by atoms with Gasteiger partial charge in [0.15, 0.2) is 11.3 Å². The van der Waals surface area contributed by atoms with E-state index in [1.165, 1.54) is 0 Å². The second-order valence-corrected chi connectivity index (χ2v) is 6.02. The number of primary amides is 1. The Hall–Kier alpha value is -3.48. The molecule has 1 unspecified atom stereocenters. The van der Waals surface area contributed by atoms with Crippen LogP contribution in [0.4, 0.5) is 10.5 Å². The van der Waals surface area contributed by atoms with Crippen LogP contribution in [0.1, 0.15) is 36.0 Å². The molecule has 0 aliphatic carbocycles. The molecule has 1 heterocycles. The zero-order valence-electron chi connectivity index (χ0n) is 15.1. The maximum atomic E-state index is 12.5. The topological polar surface area (TPSA) is 107 Å². The minimum Gasteiger partial charge on any atom is -0.490 e. The summed E-state index contributed by atoms with van der Waals surface area (Å²) in [6.07, 6.45) is 0. The number of rotatable bonds is 6. The number of hydrogen-bond acceptors (Lipinski definition) is 4. The van der Waals surface area contributed by atoms with Crippen LogP contribution in [0.25, 0.3) is 11.0 Å². The van der Waals surface area contributed by atoms with Gasteiger partial charge in [-0.2, -0.15) is 0 Å². The Morgan fingerprint density at radius 3 is 2.59 bits per heavy atom. The molecule has 7 heteroatoms. The molecule has 0 saturated carbocycles. The average Bonchev–Trinajstić information content (AvgIpc) is 3.07. The summed E-state index contributed by atoms with van der Waals surface area (Å²) in [5.74, 6) is 1.06. The predicted molar refractivity (Wildman–Crippen MR) is 103 cm³/mol. The minimum atomic E-state index is -0.655. The molecule has 3 rings (SSSR count). The first-order valence-electron chi connectivity index (χ1n) is 8.60. The molecule has 0 bridgehead atoms. The molecule has 0 spiro atoms. The average molecular weight is 367 g/mol. The number of furan rings is 1. The zero-order chi connectivity index (χ0) is 19.4. The van der Waals surface area contributed by atoms with E-state index in [0.717, 1.165) is 5.39 Å². The number of urea groups is 1. The number of ether oxygens (including phenoxy) is 1. The van der Waals surface area contributed by atoms with Crippen molar-refractivity contribution >= 4 is 28.6 Å². The van der Waals surface area contributed by atoms with Crippen LogP contribution in [0, 0.1) is 0 Å². The predicted octanol–water partition coefficient (Wildman–Crippen LogP) is 3.81. The third-order valence-electron chi connectivity index (χ3n) is 4.02. The number of anilines is 1. The molecular weight excluding hydrogens is 346 g/mol. The second-order valence-electron chi connectivity index (χ2n) is 6.02. The maximum absolute atomic E-state index is 12.5. The van der Waals surface area contributed by atoms with Gasteiger partial charge in [0, 0.05) is 16.6 Å². The molecule has 0 aliphatic heterocycles. The molecule has 27 heavy (non-hydrogen) atoms. The number of carbonyl (C=O) groups is 2. The highest BCUT2D eigenvalue weighted by atomic mass is 16.5. The monoisotopic (exact) mass is 367 g/mol. The van der Waals surface area contributed by atoms with Gasteiger partial charge >= 0.3 is 6.03 Å². The summed E-state index contributed by atoms with van der Waals surface area (Å²) in [5.41, 5.74) is 6.71. The van der Waals surface area contributed by atoms with Gasteiger partial charge in [-0.1, -0.05) is 12.1 Å². The molecule has 3 amide bonds. The summed E-state index contributed by atoms with van der Waals surface area (Å²) in [4.78, 5) is 23.3. The van der Waals surface area contributed by atoms with Gasteiger partial charge in [-0.25, -0.2) is 4.79 Å². The number of carbonyl (C=O) groups excluding carboxylic acids is 2. The Morgan fingerprint density at radius 1 is 1.19 bits per heavy atom. The van der Waals surface area contributed by atoms with Gasteiger partial charge in [0.1, 0.15) is 5.76 Å². The molecule has 7 nitrogen and oxygen atoms in total. The normalized spacial score (nSPS) is 11.8. The van der Waals surface area contributed by atoms with Gasteiger partial charge in [0.25, 0.3) is 5.91 Å². The lowest BCUT2D eigenvalue weighted by Gasteiger charge is -2.12. The molecule has 140 valence electrons. The van der Waals surface area contributed by atoms with Crippen LogP contribution in [0.15, 0.2) is 52.9 Å². The van der Waals surface area contributed by atoms with Crippen LogP contribution < -0.4 is 21.1 Å². The first-order valence-corrected chi connectivity index (χ1v) is 8.60. The van der Waals surface area contributed by atoms with Crippen LogP contribution >= 0.6 is 0 Å². The Bertz CT molecular complexity index is 963. The van der Waals surface area contributed by atoms with Gasteiger partial charge < -0.3 is 25.5 Å². The van der Waals surface area contributed by atoms with Crippen molar-refractivity contribution in [1.82, 2.24) is 5.32 Å². The Morgan fingerprint density at radius 2 is 1.93 bits per heavy atom. The number of fused-ring (bicyclic) bond motifs is 1. The molecule has 1 aromatic heterocycles. The van der Waals surface area contributed by atoms with Gasteiger partial charge in [-0.05, 0) is 50.2 Å². The van der Waals surface area contributed by atoms with E-state index in [1.54, 1.807) is 24.3 Å². The number of para-hydroxylation sites is 1. The van der Waals surface area contributed by atoms with E-state index in [4.69, 9.17) is 14.9 Å². The summed E-state index contributed by atoms with van der Waals surface area (Å²) >= 11 is 0. The number of amides is 3. The van der Waals surface area contributed by atoms with E-state index in [-0.39, 0.29) is 11.9 Å². The highest BCUT2D eigenvalue weighted by Crippen LogP contribution is 2.31. The van der Waals surface area contributed by atoms with Crippen LogP contribution in [0.2, 0.25) is 0 Å². The quantitative estimate of drug-likeness (QED) is 0.616. The largest absolute Gasteiger partial charge is 0.490 e. The number of nitrogens with one attached hydrogen (secondary N) is 2. The molecule has 0 aliphatic rings. The highest BCUT2D eigenvalue weighted by Gasteiger charge is 2.17. The van der Waals surface area contributed by atoms with Gasteiger partial charge in [0.2, 0.25) is 0 Å². The highest BCUT2D eigenvalue weighted by molar-refractivity contribution is 5.95. The lowest BCUT2D eigenvalue weighted by atomic mass is 10.1. The van der Waals surface area contributed by atoms with E-state index in [0.29, 0.717) is 35.0 Å². The van der Waals surface area contributed by atoms with E-state index in [2.05, 4.69) is 10.6 Å². The lowest BCUT2D eigenvalue weighted by Crippen LogP contribution is -2.26. The van der Waals surface area contributed by atoms with E-state index >= 15 is 0 Å². The summed E-state index contributed by atoms with van der Waals surface area (Å²) in [6.45, 7) is 4.30. The van der Waals surface area contributed by atoms with Crippen molar-refractivity contribution in [3.63, 3.8) is 0 Å². The Kier molecular flexibility index (Phi) is 5.30. The molecule has 0 fully saturated rings. The van der Waals surface area contributed by atoms with Crippen molar-refractivity contribution in [3.05, 3.63) is 59.9 Å². The van der Waals surface area contributed by atoms with Gasteiger partial charge in [0.05, 0.1) is 12.6 Å². The number of benzene rings is 2. The lowest BCUT2D eigenvalue weighted by molar-refractivity contribution is 0.0935. The summed E-state index contributed by atoms with van der Waals surface area (Å²) < 4.78 is 11.5. The third-order valence-corrected chi connectivity index (χ3v) is 4.02. The first kappa shape index (κ1) is 18.3. The Balaban J connectivity index is 1.73. The molecule has 4 N–H and O–H groups in total. The molecule has 0 saturated heterocycles. The Labute approximate surface area is 156 Å². The van der Waals surface area contributed by atoms with Crippen LogP contribution in [-0.4, -0.2) is 18.5 Å².